The molecule has 108 valence electrons. The van der Waals surface area contributed by atoms with Crippen molar-refractivity contribution in [2.45, 2.75) is 71.1 Å². The second-order valence-electron chi connectivity index (χ2n) is 5.88. The molecule has 0 spiro atoms. The maximum absolute atomic E-state index is 5.78. The van der Waals surface area contributed by atoms with Gasteiger partial charge < -0.3 is 15.0 Å². The lowest BCUT2D eigenvalue weighted by atomic mass is 10.00. The molecule has 0 amide bonds. The Kier molecular flexibility index (Phi) is 7.87. The number of nitrogens with zero attached hydrogens (tertiary/aromatic N) is 1. The number of nitrogens with one attached hydrogen (secondary N) is 1. The van der Waals surface area contributed by atoms with Crippen LogP contribution in [-0.4, -0.2) is 49.8 Å². The molecule has 2 unspecified atom stereocenters. The zero-order valence-electron chi connectivity index (χ0n) is 12.7. The lowest BCUT2D eigenvalue weighted by Gasteiger charge is -2.30. The molecular formula is C15H32N2O. The van der Waals surface area contributed by atoms with E-state index in [0.717, 1.165) is 13.2 Å². The third kappa shape index (κ3) is 6.17. The smallest absolute Gasteiger partial charge is 0.0589 e. The van der Waals surface area contributed by atoms with Crippen LogP contribution in [0, 0.1) is 0 Å². The van der Waals surface area contributed by atoms with E-state index in [0.29, 0.717) is 18.2 Å². The molecule has 1 N–H and O–H groups in total. The minimum absolute atomic E-state index is 0.500. The van der Waals surface area contributed by atoms with E-state index in [1.165, 1.54) is 38.6 Å². The summed E-state index contributed by atoms with van der Waals surface area (Å²) in [6.07, 6.45) is 6.57. The average molecular weight is 256 g/mol. The standard InChI is InChI=1S/C15H32N2O/c1-5-7-15-12-14(8-11-18-15)16-9-6-10-17(4)13(2)3/h13-16H,5-12H2,1-4H3. The molecule has 2 atom stereocenters. The van der Waals surface area contributed by atoms with E-state index in [1.54, 1.807) is 0 Å². The van der Waals surface area contributed by atoms with Gasteiger partial charge in [0.2, 0.25) is 0 Å². The summed E-state index contributed by atoms with van der Waals surface area (Å²) in [7, 11) is 2.20. The summed E-state index contributed by atoms with van der Waals surface area (Å²) in [5.74, 6) is 0. The molecule has 3 heteroatoms. The van der Waals surface area contributed by atoms with Crippen molar-refractivity contribution in [2.24, 2.45) is 0 Å². The predicted molar refractivity (Wildman–Crippen MR) is 78.1 cm³/mol. The van der Waals surface area contributed by atoms with Crippen LogP contribution >= 0.6 is 0 Å². The molecule has 1 fully saturated rings. The van der Waals surface area contributed by atoms with E-state index < -0.39 is 0 Å². The van der Waals surface area contributed by atoms with Crippen molar-refractivity contribution in [1.82, 2.24) is 10.2 Å². The molecule has 1 saturated heterocycles. The fraction of sp³-hybridized carbons (Fsp3) is 1.00. The third-order valence-corrected chi connectivity index (χ3v) is 3.98. The Morgan fingerprint density at radius 1 is 1.39 bits per heavy atom. The summed E-state index contributed by atoms with van der Waals surface area (Å²) < 4.78 is 5.78. The number of hydrogen-bond acceptors (Lipinski definition) is 3. The summed E-state index contributed by atoms with van der Waals surface area (Å²) in [4.78, 5) is 2.41. The maximum Gasteiger partial charge on any atom is 0.0589 e. The molecule has 3 nitrogen and oxygen atoms in total. The molecule has 0 aromatic carbocycles. The summed E-state index contributed by atoms with van der Waals surface area (Å²) in [5, 5.41) is 3.70. The Bertz CT molecular complexity index is 207. The van der Waals surface area contributed by atoms with E-state index >= 15 is 0 Å². The van der Waals surface area contributed by atoms with Gasteiger partial charge in [-0.2, -0.15) is 0 Å². The largest absolute Gasteiger partial charge is 0.378 e. The number of ether oxygens (including phenoxy) is 1. The van der Waals surface area contributed by atoms with Crippen LogP contribution < -0.4 is 5.32 Å². The highest BCUT2D eigenvalue weighted by Gasteiger charge is 2.21. The molecule has 0 radical (unpaired) electrons. The van der Waals surface area contributed by atoms with Crippen LogP contribution in [0.5, 0.6) is 0 Å². The van der Waals surface area contributed by atoms with Crippen LogP contribution in [0.1, 0.15) is 52.9 Å². The minimum Gasteiger partial charge on any atom is -0.378 e. The van der Waals surface area contributed by atoms with Crippen LogP contribution in [0.2, 0.25) is 0 Å². The Hall–Kier alpha value is -0.120. The first kappa shape index (κ1) is 15.9. The normalized spacial score (nSPS) is 25.0. The van der Waals surface area contributed by atoms with Gasteiger partial charge in [0, 0.05) is 18.7 Å². The fourth-order valence-corrected chi connectivity index (χ4v) is 2.48. The van der Waals surface area contributed by atoms with Crippen molar-refractivity contribution in [1.29, 1.82) is 0 Å². The zero-order valence-corrected chi connectivity index (χ0v) is 12.7. The van der Waals surface area contributed by atoms with Gasteiger partial charge in [-0.3, -0.25) is 0 Å². The van der Waals surface area contributed by atoms with E-state index in [9.17, 15) is 0 Å². The average Bonchev–Trinajstić information content (AvgIpc) is 2.35. The van der Waals surface area contributed by atoms with E-state index in [-0.39, 0.29) is 0 Å². The van der Waals surface area contributed by atoms with Gasteiger partial charge >= 0.3 is 0 Å². The van der Waals surface area contributed by atoms with Gasteiger partial charge in [0.1, 0.15) is 0 Å². The minimum atomic E-state index is 0.500. The highest BCUT2D eigenvalue weighted by atomic mass is 16.5. The topological polar surface area (TPSA) is 24.5 Å². The highest BCUT2D eigenvalue weighted by Crippen LogP contribution is 2.17. The predicted octanol–water partition coefficient (Wildman–Crippen LogP) is 2.65. The first-order chi connectivity index (χ1) is 8.63. The van der Waals surface area contributed by atoms with E-state index in [2.05, 4.69) is 38.0 Å². The van der Waals surface area contributed by atoms with E-state index in [1.807, 2.05) is 0 Å². The van der Waals surface area contributed by atoms with Gasteiger partial charge in [0.25, 0.3) is 0 Å². The molecule has 0 aliphatic carbocycles. The molecule has 0 aromatic heterocycles. The first-order valence-corrected chi connectivity index (χ1v) is 7.68. The SMILES string of the molecule is CCCC1CC(NCCCN(C)C(C)C)CCO1. The Labute approximate surface area is 113 Å². The molecule has 0 saturated carbocycles. The monoisotopic (exact) mass is 256 g/mol. The van der Waals surface area contributed by atoms with Crippen LogP contribution in [0.3, 0.4) is 0 Å². The Balaban J connectivity index is 2.08. The van der Waals surface area contributed by atoms with Crippen molar-refractivity contribution in [3.05, 3.63) is 0 Å². The quantitative estimate of drug-likeness (QED) is 0.676. The van der Waals surface area contributed by atoms with Crippen molar-refractivity contribution < 1.29 is 4.74 Å². The summed E-state index contributed by atoms with van der Waals surface area (Å²) in [6, 6.07) is 1.33. The Morgan fingerprint density at radius 2 is 2.17 bits per heavy atom. The molecule has 1 rings (SSSR count). The van der Waals surface area contributed by atoms with Gasteiger partial charge in [-0.15, -0.1) is 0 Å². The molecular weight excluding hydrogens is 224 g/mol. The van der Waals surface area contributed by atoms with Gasteiger partial charge in [0.05, 0.1) is 6.10 Å². The van der Waals surface area contributed by atoms with E-state index in [4.69, 9.17) is 4.74 Å². The molecule has 1 aliphatic heterocycles. The summed E-state index contributed by atoms with van der Waals surface area (Å²) in [5.41, 5.74) is 0. The maximum atomic E-state index is 5.78. The second kappa shape index (κ2) is 8.89. The number of hydrogen-bond donors (Lipinski definition) is 1. The highest BCUT2D eigenvalue weighted by molar-refractivity contribution is 4.76. The molecule has 1 heterocycles. The molecule has 18 heavy (non-hydrogen) atoms. The number of rotatable bonds is 8. The third-order valence-electron chi connectivity index (χ3n) is 3.98. The van der Waals surface area contributed by atoms with Crippen molar-refractivity contribution in [2.75, 3.05) is 26.7 Å². The zero-order chi connectivity index (χ0) is 13.4. The van der Waals surface area contributed by atoms with Crippen molar-refractivity contribution >= 4 is 0 Å². The molecule has 0 aromatic rings. The van der Waals surface area contributed by atoms with Crippen LogP contribution in [0.25, 0.3) is 0 Å². The van der Waals surface area contributed by atoms with Gasteiger partial charge in [-0.05, 0) is 59.7 Å². The molecule has 0 bridgehead atoms. The van der Waals surface area contributed by atoms with Crippen molar-refractivity contribution in [3.63, 3.8) is 0 Å². The first-order valence-electron chi connectivity index (χ1n) is 7.68. The fourth-order valence-electron chi connectivity index (χ4n) is 2.48. The van der Waals surface area contributed by atoms with Crippen LogP contribution in [0.4, 0.5) is 0 Å². The van der Waals surface area contributed by atoms with Gasteiger partial charge in [-0.25, -0.2) is 0 Å². The van der Waals surface area contributed by atoms with Crippen LogP contribution in [-0.2, 0) is 4.74 Å². The summed E-state index contributed by atoms with van der Waals surface area (Å²) >= 11 is 0. The Morgan fingerprint density at radius 3 is 2.83 bits per heavy atom. The van der Waals surface area contributed by atoms with Gasteiger partial charge in [0.15, 0.2) is 0 Å². The summed E-state index contributed by atoms with van der Waals surface area (Å²) in [6.45, 7) is 10.0. The second-order valence-corrected chi connectivity index (χ2v) is 5.88. The molecule has 1 aliphatic rings. The van der Waals surface area contributed by atoms with Crippen molar-refractivity contribution in [3.8, 4) is 0 Å². The van der Waals surface area contributed by atoms with Crippen LogP contribution in [0.15, 0.2) is 0 Å². The van der Waals surface area contributed by atoms with Gasteiger partial charge in [-0.1, -0.05) is 13.3 Å². The lowest BCUT2D eigenvalue weighted by molar-refractivity contribution is -0.00318. The lowest BCUT2D eigenvalue weighted by Crippen LogP contribution is -2.40.